The molecule has 0 saturated carbocycles. The second kappa shape index (κ2) is 5.04. The molecule has 0 aliphatic carbocycles. The van der Waals surface area contributed by atoms with Crippen LogP contribution in [-0.2, 0) is 6.67 Å². The monoisotopic (exact) mass is 285 g/mol. The van der Waals surface area contributed by atoms with Crippen molar-refractivity contribution in [3.63, 3.8) is 0 Å². The molecular weight excluding hydrogens is 278 g/mol. The molecule has 19 heavy (non-hydrogen) atoms. The normalized spacial score (nSPS) is 10.4. The smallest absolute Gasteiger partial charge is 0.358 e. The van der Waals surface area contributed by atoms with Gasteiger partial charge >= 0.3 is 5.82 Å². The average molecular weight is 286 g/mol. The number of halogens is 1. The first-order chi connectivity index (χ1) is 9.01. The predicted octanol–water partition coefficient (Wildman–Crippen LogP) is -0.250. The Hall–Kier alpha value is -2.46. The van der Waals surface area contributed by atoms with Crippen molar-refractivity contribution in [2.75, 3.05) is 0 Å². The van der Waals surface area contributed by atoms with Gasteiger partial charge in [-0.25, -0.2) is 10.5 Å². The summed E-state index contributed by atoms with van der Waals surface area (Å²) in [5.74, 6) is 3.99. The number of amides is 1. The maximum atomic E-state index is 11.2. The lowest BCUT2D eigenvalue weighted by Crippen LogP contribution is -2.30. The van der Waals surface area contributed by atoms with Crippen molar-refractivity contribution in [3.8, 4) is 0 Å². The fraction of sp³-hybridized carbons (Fsp3) is 0.125. The number of carbonyl (C=O) groups is 1. The molecule has 3 N–H and O–H groups in total. The van der Waals surface area contributed by atoms with Gasteiger partial charge in [0.25, 0.3) is 5.91 Å². The first-order valence-corrected chi connectivity index (χ1v) is 5.31. The first kappa shape index (κ1) is 13.0. The molecule has 0 aromatic carbocycles. The number of nitrogens with one attached hydrogen (secondary N) is 1. The minimum Gasteiger partial charge on any atom is -0.358 e. The molecular formula is C8H8ClN7O3. The highest BCUT2D eigenvalue weighted by Crippen LogP contribution is 2.21. The van der Waals surface area contributed by atoms with Crippen LogP contribution in [0.3, 0.4) is 0 Å². The van der Waals surface area contributed by atoms with E-state index < -0.39 is 16.6 Å². The summed E-state index contributed by atoms with van der Waals surface area (Å²) in [6, 6.07) is 1.45. The van der Waals surface area contributed by atoms with Crippen LogP contribution in [0.1, 0.15) is 10.5 Å². The lowest BCUT2D eigenvalue weighted by atomic mass is 10.4. The van der Waals surface area contributed by atoms with Gasteiger partial charge in [0.15, 0.2) is 17.4 Å². The Morgan fingerprint density at radius 2 is 2.26 bits per heavy atom. The number of rotatable bonds is 4. The molecule has 2 aromatic rings. The standard InChI is InChI=1S/C8H8ClN7O3/c9-5-3-15(13-7(5)16(18)19)4-14-2-1-6(12-14)8(17)11-10/h1-3H,4,10H2,(H,11,17). The number of nitrogen functional groups attached to an aromatic ring is 1. The Morgan fingerprint density at radius 3 is 2.84 bits per heavy atom. The van der Waals surface area contributed by atoms with Crippen LogP contribution < -0.4 is 11.3 Å². The molecule has 0 aliphatic rings. The number of hydrazine groups is 1. The van der Waals surface area contributed by atoms with Crippen LogP contribution in [0.4, 0.5) is 5.82 Å². The van der Waals surface area contributed by atoms with Gasteiger partial charge in [0, 0.05) is 6.20 Å². The van der Waals surface area contributed by atoms with E-state index in [9.17, 15) is 14.9 Å². The summed E-state index contributed by atoms with van der Waals surface area (Å²) in [6.07, 6.45) is 2.80. The van der Waals surface area contributed by atoms with Crippen molar-refractivity contribution in [1.82, 2.24) is 25.0 Å². The van der Waals surface area contributed by atoms with Gasteiger partial charge in [0.05, 0.1) is 11.3 Å². The molecule has 0 atom stereocenters. The summed E-state index contributed by atoms with van der Waals surface area (Å²) in [4.78, 5) is 21.1. The molecule has 11 heteroatoms. The molecule has 0 unspecified atom stereocenters. The first-order valence-electron chi connectivity index (χ1n) is 4.93. The van der Waals surface area contributed by atoms with E-state index in [0.717, 1.165) is 0 Å². The van der Waals surface area contributed by atoms with Gasteiger partial charge in [0.1, 0.15) is 0 Å². The summed E-state index contributed by atoms with van der Waals surface area (Å²) >= 11 is 5.65. The van der Waals surface area contributed by atoms with Crippen molar-refractivity contribution in [2.45, 2.75) is 6.67 Å². The molecule has 1 amide bonds. The van der Waals surface area contributed by atoms with Crippen LogP contribution in [0.5, 0.6) is 0 Å². The highest BCUT2D eigenvalue weighted by molar-refractivity contribution is 6.32. The predicted molar refractivity (Wildman–Crippen MR) is 63.2 cm³/mol. The molecule has 0 saturated heterocycles. The topological polar surface area (TPSA) is 134 Å². The maximum absolute atomic E-state index is 11.2. The average Bonchev–Trinajstić information content (AvgIpc) is 2.95. The molecule has 0 aliphatic heterocycles. The van der Waals surface area contributed by atoms with Crippen molar-refractivity contribution in [2.24, 2.45) is 5.84 Å². The molecule has 10 nitrogen and oxygen atoms in total. The Bertz CT molecular complexity index is 634. The van der Waals surface area contributed by atoms with E-state index in [1.54, 1.807) is 0 Å². The summed E-state index contributed by atoms with van der Waals surface area (Å²) < 4.78 is 2.59. The van der Waals surface area contributed by atoms with Gasteiger partial charge in [-0.3, -0.25) is 10.2 Å². The third-order valence-electron chi connectivity index (χ3n) is 2.17. The van der Waals surface area contributed by atoms with Gasteiger partial charge in [-0.15, -0.1) is 0 Å². The SMILES string of the molecule is NNC(=O)c1ccn(Cn2cc(Cl)c([N+](=O)[O-])n2)n1. The number of carbonyl (C=O) groups excluding carboxylic acids is 1. The summed E-state index contributed by atoms with van der Waals surface area (Å²) in [5, 5.41) is 18.1. The largest absolute Gasteiger partial charge is 0.408 e. The number of aromatic nitrogens is 4. The van der Waals surface area contributed by atoms with E-state index in [1.165, 1.54) is 27.8 Å². The summed E-state index contributed by atoms with van der Waals surface area (Å²) in [7, 11) is 0. The van der Waals surface area contributed by atoms with Crippen LogP contribution in [0.25, 0.3) is 0 Å². The molecule has 2 heterocycles. The Kier molecular flexibility index (Phi) is 3.44. The van der Waals surface area contributed by atoms with Crippen molar-refractivity contribution >= 4 is 23.3 Å². The molecule has 2 aromatic heterocycles. The number of nitrogens with two attached hydrogens (primary N) is 1. The van der Waals surface area contributed by atoms with Crippen molar-refractivity contribution in [3.05, 3.63) is 39.3 Å². The number of nitrogens with zero attached hydrogens (tertiary/aromatic N) is 5. The Morgan fingerprint density at radius 1 is 1.53 bits per heavy atom. The molecule has 100 valence electrons. The quantitative estimate of drug-likeness (QED) is 0.344. The van der Waals surface area contributed by atoms with Gasteiger partial charge < -0.3 is 10.1 Å². The Balaban J connectivity index is 2.17. The second-order valence-corrected chi connectivity index (χ2v) is 3.86. The van der Waals surface area contributed by atoms with Gasteiger partial charge in [-0.1, -0.05) is 11.6 Å². The minimum absolute atomic E-state index is 0.0721. The highest BCUT2D eigenvalue weighted by Gasteiger charge is 2.19. The molecule has 0 radical (unpaired) electrons. The molecule has 0 fully saturated rings. The van der Waals surface area contributed by atoms with Crippen LogP contribution in [0.15, 0.2) is 18.5 Å². The zero-order chi connectivity index (χ0) is 14.0. The minimum atomic E-state index is -0.685. The zero-order valence-electron chi connectivity index (χ0n) is 9.36. The third kappa shape index (κ3) is 2.69. The number of hydrogen-bond acceptors (Lipinski definition) is 6. The summed E-state index contributed by atoms with van der Waals surface area (Å²) in [5.41, 5.74) is 2.06. The summed E-state index contributed by atoms with van der Waals surface area (Å²) in [6.45, 7) is 0.0748. The van der Waals surface area contributed by atoms with E-state index >= 15 is 0 Å². The van der Waals surface area contributed by atoms with Crippen LogP contribution in [-0.4, -0.2) is 30.4 Å². The Labute approximate surface area is 110 Å². The molecule has 0 spiro atoms. The molecule has 0 bridgehead atoms. The van der Waals surface area contributed by atoms with Gasteiger partial charge in [0.2, 0.25) is 0 Å². The number of nitro groups is 1. The lowest BCUT2D eigenvalue weighted by Gasteiger charge is -1.97. The fourth-order valence-electron chi connectivity index (χ4n) is 1.37. The fourth-order valence-corrected chi connectivity index (χ4v) is 1.59. The maximum Gasteiger partial charge on any atom is 0.408 e. The second-order valence-electron chi connectivity index (χ2n) is 3.45. The van der Waals surface area contributed by atoms with Crippen LogP contribution in [0, 0.1) is 10.1 Å². The lowest BCUT2D eigenvalue weighted by molar-refractivity contribution is -0.389. The molecule has 2 rings (SSSR count). The van der Waals surface area contributed by atoms with E-state index in [4.69, 9.17) is 17.4 Å². The van der Waals surface area contributed by atoms with Gasteiger partial charge in [-0.2, -0.15) is 9.78 Å². The van der Waals surface area contributed by atoms with E-state index in [2.05, 4.69) is 10.2 Å². The van der Waals surface area contributed by atoms with Crippen LogP contribution >= 0.6 is 11.6 Å². The van der Waals surface area contributed by atoms with Crippen LogP contribution in [0.2, 0.25) is 5.02 Å². The van der Waals surface area contributed by atoms with E-state index in [0.29, 0.717) is 0 Å². The van der Waals surface area contributed by atoms with Gasteiger partial charge in [-0.05, 0) is 11.0 Å². The van der Waals surface area contributed by atoms with E-state index in [-0.39, 0.29) is 17.4 Å². The number of hydrogen-bond donors (Lipinski definition) is 2. The van der Waals surface area contributed by atoms with Crippen molar-refractivity contribution in [1.29, 1.82) is 0 Å². The van der Waals surface area contributed by atoms with Crippen molar-refractivity contribution < 1.29 is 9.72 Å². The third-order valence-corrected chi connectivity index (χ3v) is 2.43. The highest BCUT2D eigenvalue weighted by atomic mass is 35.5. The zero-order valence-corrected chi connectivity index (χ0v) is 10.1. The van der Waals surface area contributed by atoms with E-state index in [1.807, 2.05) is 5.43 Å².